The van der Waals surface area contributed by atoms with Crippen LogP contribution in [-0.2, 0) is 6.42 Å². The van der Waals surface area contributed by atoms with Gasteiger partial charge in [-0.15, -0.1) is 6.58 Å². The molecule has 2 rings (SSSR count). The molecule has 0 unspecified atom stereocenters. The number of hydrogen-bond donors (Lipinski definition) is 0. The minimum absolute atomic E-state index is 1.10. The van der Waals surface area contributed by atoms with E-state index in [1.807, 2.05) is 0 Å². The molecule has 0 atom stereocenters. The highest BCUT2D eigenvalue weighted by Gasteiger charge is 2.14. The highest BCUT2D eigenvalue weighted by molar-refractivity contribution is 6.23. The summed E-state index contributed by atoms with van der Waals surface area (Å²) in [6.45, 7) is 10.4. The van der Waals surface area contributed by atoms with E-state index in [0.29, 0.717) is 0 Å². The fourth-order valence-electron chi connectivity index (χ4n) is 3.07. The van der Waals surface area contributed by atoms with E-state index in [0.717, 1.165) is 32.1 Å². The average Bonchev–Trinajstić information content (AvgIpc) is 2.99. The third-order valence-corrected chi connectivity index (χ3v) is 4.90. The normalized spacial score (nSPS) is 15.2. The number of hydrogen-bond acceptors (Lipinski definition) is 0. The first-order valence-electron chi connectivity index (χ1n) is 9.40. The Balaban J connectivity index is 2.08. The summed E-state index contributed by atoms with van der Waals surface area (Å²) in [5, 5.41) is 0. The van der Waals surface area contributed by atoms with Crippen molar-refractivity contribution in [2.75, 3.05) is 0 Å². The standard InChI is InChI=1S/C24H31B/c1-5-24(25)15-12-21-16-22(13-6-18(2)3)23(17-21)14-11-20-9-7-19(4)8-10-20/h5,7-10,12,15,17H,2,6,11,13-14,16,25H2,1,3-4H3/b15-12-,24-5+. The molecule has 0 spiro atoms. The molecule has 1 aromatic rings. The number of allylic oxidation sites excluding steroid dienone is 9. The van der Waals surface area contributed by atoms with Gasteiger partial charge in [-0.3, -0.25) is 0 Å². The summed E-state index contributed by atoms with van der Waals surface area (Å²) in [5.41, 5.74) is 9.94. The van der Waals surface area contributed by atoms with E-state index in [9.17, 15) is 0 Å². The van der Waals surface area contributed by atoms with Gasteiger partial charge in [0.2, 0.25) is 0 Å². The predicted octanol–water partition coefficient (Wildman–Crippen LogP) is 6.00. The first-order valence-corrected chi connectivity index (χ1v) is 9.40. The molecule has 0 heterocycles. The van der Waals surface area contributed by atoms with Crippen molar-refractivity contribution in [1.82, 2.24) is 0 Å². The Labute approximate surface area is 155 Å². The lowest BCUT2D eigenvalue weighted by atomic mass is 9.94. The molecule has 1 aliphatic rings. The molecule has 25 heavy (non-hydrogen) atoms. The highest BCUT2D eigenvalue weighted by atomic mass is 14.2. The van der Waals surface area contributed by atoms with E-state index >= 15 is 0 Å². The van der Waals surface area contributed by atoms with Crippen LogP contribution in [0.15, 0.2) is 82.9 Å². The second-order valence-electron chi connectivity index (χ2n) is 7.33. The Morgan fingerprint density at radius 3 is 2.52 bits per heavy atom. The minimum Gasteiger partial charge on any atom is -0.100 e. The summed E-state index contributed by atoms with van der Waals surface area (Å²) >= 11 is 0. The Hall–Kier alpha value is -2.02. The van der Waals surface area contributed by atoms with Crippen molar-refractivity contribution in [1.29, 1.82) is 0 Å². The van der Waals surface area contributed by atoms with Crippen LogP contribution in [0.25, 0.3) is 0 Å². The van der Waals surface area contributed by atoms with E-state index in [4.69, 9.17) is 0 Å². The van der Waals surface area contributed by atoms with Gasteiger partial charge in [0.05, 0.1) is 0 Å². The topological polar surface area (TPSA) is 0 Å². The van der Waals surface area contributed by atoms with Crippen LogP contribution >= 0.6 is 0 Å². The van der Waals surface area contributed by atoms with Gasteiger partial charge < -0.3 is 0 Å². The third-order valence-electron chi connectivity index (χ3n) is 4.90. The van der Waals surface area contributed by atoms with Gasteiger partial charge in [-0.05, 0) is 69.6 Å². The van der Waals surface area contributed by atoms with Crippen LogP contribution in [0, 0.1) is 6.92 Å². The van der Waals surface area contributed by atoms with Crippen molar-refractivity contribution >= 4 is 7.85 Å². The molecule has 0 amide bonds. The Morgan fingerprint density at radius 2 is 1.88 bits per heavy atom. The lowest BCUT2D eigenvalue weighted by Gasteiger charge is -2.08. The monoisotopic (exact) mass is 330 g/mol. The summed E-state index contributed by atoms with van der Waals surface area (Å²) in [4.78, 5) is 0. The molecule has 1 aromatic carbocycles. The van der Waals surface area contributed by atoms with Crippen molar-refractivity contribution in [2.45, 2.75) is 52.9 Å². The fourth-order valence-corrected chi connectivity index (χ4v) is 3.07. The Bertz CT molecular complexity index is 724. The first kappa shape index (κ1) is 19.3. The average molecular weight is 330 g/mol. The van der Waals surface area contributed by atoms with E-state index in [1.165, 1.54) is 27.7 Å². The molecule has 0 radical (unpaired) electrons. The van der Waals surface area contributed by atoms with Crippen LogP contribution in [0.2, 0.25) is 0 Å². The van der Waals surface area contributed by atoms with E-state index in [2.05, 4.69) is 83.8 Å². The zero-order valence-corrected chi connectivity index (χ0v) is 16.4. The Kier molecular flexibility index (Phi) is 7.31. The molecule has 0 N–H and O–H groups in total. The highest BCUT2D eigenvalue weighted by Crippen LogP contribution is 2.33. The number of rotatable bonds is 8. The van der Waals surface area contributed by atoms with Gasteiger partial charge in [-0.1, -0.05) is 70.8 Å². The summed E-state index contributed by atoms with van der Waals surface area (Å²) in [5.74, 6) is 0. The molecular weight excluding hydrogens is 299 g/mol. The van der Waals surface area contributed by atoms with Crippen molar-refractivity contribution in [3.63, 3.8) is 0 Å². The molecular formula is C24H31B. The maximum atomic E-state index is 4.07. The maximum absolute atomic E-state index is 4.07. The summed E-state index contributed by atoms with van der Waals surface area (Å²) in [7, 11) is 2.15. The van der Waals surface area contributed by atoms with E-state index in [1.54, 1.807) is 11.1 Å². The minimum atomic E-state index is 1.10. The first-order chi connectivity index (χ1) is 12.0. The number of benzene rings is 1. The van der Waals surface area contributed by atoms with Crippen LogP contribution in [0.4, 0.5) is 0 Å². The molecule has 0 aliphatic heterocycles. The smallest absolute Gasteiger partial charge is 0.100 e. The second kappa shape index (κ2) is 9.46. The lowest BCUT2D eigenvalue weighted by molar-refractivity contribution is 0.867. The third kappa shape index (κ3) is 6.42. The molecule has 0 saturated carbocycles. The second-order valence-corrected chi connectivity index (χ2v) is 7.33. The SMILES string of the molecule is BC(/C=C\C1=CC(CCc2ccc(C)cc2)=C(CCC(=C)C)C1)=C/C. The van der Waals surface area contributed by atoms with Crippen LogP contribution in [0.5, 0.6) is 0 Å². The van der Waals surface area contributed by atoms with Gasteiger partial charge >= 0.3 is 0 Å². The molecule has 1 heteroatoms. The van der Waals surface area contributed by atoms with Crippen molar-refractivity contribution < 1.29 is 0 Å². The molecule has 0 bridgehead atoms. The largest absolute Gasteiger partial charge is 0.138 e. The molecule has 130 valence electrons. The van der Waals surface area contributed by atoms with Crippen LogP contribution in [-0.4, -0.2) is 7.85 Å². The van der Waals surface area contributed by atoms with Gasteiger partial charge in [0, 0.05) is 0 Å². The Morgan fingerprint density at radius 1 is 1.16 bits per heavy atom. The van der Waals surface area contributed by atoms with Gasteiger partial charge in [0.1, 0.15) is 7.85 Å². The van der Waals surface area contributed by atoms with Gasteiger partial charge in [0.15, 0.2) is 0 Å². The molecule has 0 saturated heterocycles. The van der Waals surface area contributed by atoms with Crippen LogP contribution in [0.1, 0.15) is 50.7 Å². The maximum Gasteiger partial charge on any atom is 0.138 e. The molecule has 1 aliphatic carbocycles. The zero-order valence-electron chi connectivity index (χ0n) is 16.4. The van der Waals surface area contributed by atoms with Gasteiger partial charge in [-0.2, -0.15) is 0 Å². The summed E-state index contributed by atoms with van der Waals surface area (Å²) in [6.07, 6.45) is 14.7. The predicted molar refractivity (Wildman–Crippen MR) is 115 cm³/mol. The number of aryl methyl sites for hydroxylation is 2. The lowest BCUT2D eigenvalue weighted by Crippen LogP contribution is -1.91. The quantitative estimate of drug-likeness (QED) is 0.311. The van der Waals surface area contributed by atoms with E-state index < -0.39 is 0 Å². The van der Waals surface area contributed by atoms with E-state index in [-0.39, 0.29) is 0 Å². The van der Waals surface area contributed by atoms with Crippen molar-refractivity contribution in [3.8, 4) is 0 Å². The van der Waals surface area contributed by atoms with Crippen molar-refractivity contribution in [3.05, 3.63) is 94.0 Å². The molecule has 0 aromatic heterocycles. The van der Waals surface area contributed by atoms with Gasteiger partial charge in [0.25, 0.3) is 0 Å². The van der Waals surface area contributed by atoms with Gasteiger partial charge in [-0.25, -0.2) is 0 Å². The molecule has 0 fully saturated rings. The zero-order chi connectivity index (χ0) is 18.2. The summed E-state index contributed by atoms with van der Waals surface area (Å²) < 4.78 is 0. The van der Waals surface area contributed by atoms with Crippen LogP contribution in [0.3, 0.4) is 0 Å². The van der Waals surface area contributed by atoms with Crippen LogP contribution < -0.4 is 0 Å². The fraction of sp³-hybridized carbons (Fsp3) is 0.333. The molecule has 0 nitrogen and oxygen atoms in total. The van der Waals surface area contributed by atoms with Crippen molar-refractivity contribution in [2.24, 2.45) is 0 Å². The summed E-state index contributed by atoms with van der Waals surface area (Å²) in [6, 6.07) is 8.95.